The Morgan fingerprint density at radius 1 is 1.00 bits per heavy atom. The highest BCUT2D eigenvalue weighted by Gasteiger charge is 2.18. The minimum Gasteiger partial charge on any atom is -0.465 e. The normalized spacial score (nSPS) is 10.5. The first-order chi connectivity index (χ1) is 10.7. The summed E-state index contributed by atoms with van der Waals surface area (Å²) in [5, 5.41) is 8.51. The minimum atomic E-state index is -0.465. The van der Waals surface area contributed by atoms with E-state index in [0.29, 0.717) is 27.6 Å². The highest BCUT2D eigenvalue weighted by atomic mass is 35.5. The summed E-state index contributed by atoms with van der Waals surface area (Å²) in [6.45, 7) is 0. The zero-order valence-corrected chi connectivity index (χ0v) is 12.4. The summed E-state index contributed by atoms with van der Waals surface area (Å²) in [4.78, 5) is 11.8. The Kier molecular flexibility index (Phi) is 3.89. The number of esters is 1. The molecular weight excluding hydrogens is 304 g/mol. The summed E-state index contributed by atoms with van der Waals surface area (Å²) in [5.74, 6) is 0.0595. The fourth-order valence-corrected chi connectivity index (χ4v) is 2.25. The quantitative estimate of drug-likeness (QED) is 0.687. The fraction of sp³-hybridized carbons (Fsp3) is 0.0625. The number of halogens is 1. The van der Waals surface area contributed by atoms with E-state index < -0.39 is 5.97 Å². The largest absolute Gasteiger partial charge is 0.465 e. The second-order valence-corrected chi connectivity index (χ2v) is 4.84. The van der Waals surface area contributed by atoms with Crippen molar-refractivity contribution in [1.29, 1.82) is 0 Å². The second kappa shape index (κ2) is 5.99. The first kappa shape index (κ1) is 14.3. The molecular formula is C16H11ClN2O3. The molecule has 3 rings (SSSR count). The third kappa shape index (κ3) is 2.58. The van der Waals surface area contributed by atoms with E-state index in [1.54, 1.807) is 36.4 Å². The predicted octanol–water partition coefficient (Wildman–Crippen LogP) is 3.84. The van der Waals surface area contributed by atoms with Crippen LogP contribution in [0.1, 0.15) is 10.4 Å². The van der Waals surface area contributed by atoms with Crippen LogP contribution in [-0.2, 0) is 4.74 Å². The van der Waals surface area contributed by atoms with E-state index in [-0.39, 0.29) is 5.89 Å². The molecule has 5 nitrogen and oxygen atoms in total. The number of benzene rings is 2. The Balaban J connectivity index is 2.06. The van der Waals surface area contributed by atoms with Crippen molar-refractivity contribution in [1.82, 2.24) is 10.2 Å². The van der Waals surface area contributed by atoms with Gasteiger partial charge in [0.2, 0.25) is 11.8 Å². The average molecular weight is 315 g/mol. The van der Waals surface area contributed by atoms with Gasteiger partial charge in [-0.15, -0.1) is 10.2 Å². The number of carbonyl (C=O) groups excluding carboxylic acids is 1. The van der Waals surface area contributed by atoms with Gasteiger partial charge in [0.15, 0.2) is 0 Å². The van der Waals surface area contributed by atoms with Crippen LogP contribution in [0.15, 0.2) is 52.9 Å². The van der Waals surface area contributed by atoms with Gasteiger partial charge in [-0.2, -0.15) is 0 Å². The molecule has 0 bridgehead atoms. The van der Waals surface area contributed by atoms with Crippen molar-refractivity contribution in [2.45, 2.75) is 0 Å². The van der Waals surface area contributed by atoms with E-state index in [9.17, 15) is 4.79 Å². The maximum atomic E-state index is 11.8. The van der Waals surface area contributed by atoms with Crippen LogP contribution >= 0.6 is 11.6 Å². The second-order valence-electron chi connectivity index (χ2n) is 4.43. The zero-order valence-electron chi connectivity index (χ0n) is 11.6. The van der Waals surface area contributed by atoms with Gasteiger partial charge < -0.3 is 9.15 Å². The molecule has 0 spiro atoms. The minimum absolute atomic E-state index is 0.232. The lowest BCUT2D eigenvalue weighted by Gasteiger charge is -2.03. The number of hydrogen-bond acceptors (Lipinski definition) is 5. The van der Waals surface area contributed by atoms with Crippen LogP contribution in [0.3, 0.4) is 0 Å². The van der Waals surface area contributed by atoms with E-state index in [4.69, 9.17) is 20.8 Å². The third-order valence-corrected chi connectivity index (χ3v) is 3.42. The van der Waals surface area contributed by atoms with Crippen molar-refractivity contribution in [2.24, 2.45) is 0 Å². The van der Waals surface area contributed by atoms with Gasteiger partial charge >= 0.3 is 5.97 Å². The standard InChI is InChI=1S/C16H11ClN2O3/c1-21-16(20)11-7-3-2-6-10(11)14-18-19-15(22-14)12-8-4-5-9-13(12)17/h2-9H,1H3. The zero-order chi connectivity index (χ0) is 15.5. The van der Waals surface area contributed by atoms with Crippen LogP contribution in [0.2, 0.25) is 5.02 Å². The molecule has 0 saturated heterocycles. The molecule has 110 valence electrons. The lowest BCUT2D eigenvalue weighted by atomic mass is 10.1. The summed E-state index contributed by atoms with van der Waals surface area (Å²) < 4.78 is 10.4. The van der Waals surface area contributed by atoms with Crippen LogP contribution in [-0.4, -0.2) is 23.3 Å². The molecule has 0 amide bonds. The summed E-state index contributed by atoms with van der Waals surface area (Å²) in [6.07, 6.45) is 0. The molecule has 0 N–H and O–H groups in total. The molecule has 22 heavy (non-hydrogen) atoms. The third-order valence-electron chi connectivity index (χ3n) is 3.09. The Labute approximate surface area is 131 Å². The Bertz CT molecular complexity index is 830. The van der Waals surface area contributed by atoms with Crippen LogP contribution in [0.25, 0.3) is 22.9 Å². The molecule has 1 aromatic heterocycles. The summed E-state index contributed by atoms with van der Waals surface area (Å²) >= 11 is 6.12. The van der Waals surface area contributed by atoms with Crippen LogP contribution in [0, 0.1) is 0 Å². The van der Waals surface area contributed by atoms with Crippen molar-refractivity contribution in [3.63, 3.8) is 0 Å². The number of carbonyl (C=O) groups is 1. The molecule has 0 unspecified atom stereocenters. The van der Waals surface area contributed by atoms with Gasteiger partial charge in [-0.25, -0.2) is 4.79 Å². The maximum Gasteiger partial charge on any atom is 0.338 e. The monoisotopic (exact) mass is 314 g/mol. The first-order valence-corrected chi connectivity index (χ1v) is 6.84. The Morgan fingerprint density at radius 2 is 1.59 bits per heavy atom. The summed E-state index contributed by atoms with van der Waals surface area (Å²) in [7, 11) is 1.32. The molecule has 0 aliphatic rings. The van der Waals surface area contributed by atoms with Crippen molar-refractivity contribution < 1.29 is 13.9 Å². The van der Waals surface area contributed by atoms with Gasteiger partial charge in [-0.3, -0.25) is 0 Å². The van der Waals surface area contributed by atoms with Gasteiger partial charge in [0, 0.05) is 0 Å². The smallest absolute Gasteiger partial charge is 0.338 e. The van der Waals surface area contributed by atoms with Crippen molar-refractivity contribution in [3.8, 4) is 22.9 Å². The summed E-state index contributed by atoms with van der Waals surface area (Å²) in [6, 6.07) is 14.0. The maximum absolute atomic E-state index is 11.8. The molecule has 3 aromatic rings. The average Bonchev–Trinajstić information content (AvgIpc) is 3.04. The Morgan fingerprint density at radius 3 is 2.27 bits per heavy atom. The predicted molar refractivity (Wildman–Crippen MR) is 81.5 cm³/mol. The fourth-order valence-electron chi connectivity index (χ4n) is 2.03. The van der Waals surface area contributed by atoms with Crippen molar-refractivity contribution in [3.05, 3.63) is 59.1 Å². The number of nitrogens with zero attached hydrogens (tertiary/aromatic N) is 2. The van der Waals surface area contributed by atoms with E-state index in [0.717, 1.165) is 0 Å². The molecule has 0 saturated carbocycles. The van der Waals surface area contributed by atoms with E-state index in [1.807, 2.05) is 12.1 Å². The Hall–Kier alpha value is -2.66. The number of aromatic nitrogens is 2. The molecule has 0 radical (unpaired) electrons. The van der Waals surface area contributed by atoms with Crippen molar-refractivity contribution >= 4 is 17.6 Å². The van der Waals surface area contributed by atoms with Gasteiger partial charge in [0.1, 0.15) is 0 Å². The highest BCUT2D eigenvalue weighted by molar-refractivity contribution is 6.33. The topological polar surface area (TPSA) is 65.2 Å². The number of hydrogen-bond donors (Lipinski definition) is 0. The van der Waals surface area contributed by atoms with Gasteiger partial charge in [-0.1, -0.05) is 35.9 Å². The van der Waals surface area contributed by atoms with Gasteiger partial charge in [-0.05, 0) is 24.3 Å². The molecule has 0 fully saturated rings. The highest BCUT2D eigenvalue weighted by Crippen LogP contribution is 2.30. The lowest BCUT2D eigenvalue weighted by molar-refractivity contribution is 0.0601. The van der Waals surface area contributed by atoms with Crippen LogP contribution < -0.4 is 0 Å². The first-order valence-electron chi connectivity index (χ1n) is 6.47. The van der Waals surface area contributed by atoms with E-state index in [1.165, 1.54) is 7.11 Å². The molecule has 0 aliphatic heterocycles. The van der Waals surface area contributed by atoms with Crippen LogP contribution in [0.4, 0.5) is 0 Å². The van der Waals surface area contributed by atoms with E-state index >= 15 is 0 Å². The number of methoxy groups -OCH3 is 1. The number of rotatable bonds is 3. The molecule has 2 aromatic carbocycles. The lowest BCUT2D eigenvalue weighted by Crippen LogP contribution is -2.03. The van der Waals surface area contributed by atoms with Gasteiger partial charge in [0.05, 0.1) is 28.8 Å². The molecule has 0 aliphatic carbocycles. The van der Waals surface area contributed by atoms with Crippen molar-refractivity contribution in [2.75, 3.05) is 7.11 Å². The van der Waals surface area contributed by atoms with Gasteiger partial charge in [0.25, 0.3) is 0 Å². The summed E-state index contributed by atoms with van der Waals surface area (Å²) in [5.41, 5.74) is 1.51. The molecule has 1 heterocycles. The molecule has 6 heteroatoms. The SMILES string of the molecule is COC(=O)c1ccccc1-c1nnc(-c2ccccc2Cl)o1. The van der Waals surface area contributed by atoms with Crippen LogP contribution in [0.5, 0.6) is 0 Å². The molecule has 0 atom stereocenters. The number of ether oxygens (including phenoxy) is 1. The van der Waals surface area contributed by atoms with E-state index in [2.05, 4.69) is 10.2 Å².